The Labute approximate surface area is 172 Å². The molecule has 0 unspecified atom stereocenters. The summed E-state index contributed by atoms with van der Waals surface area (Å²) in [7, 11) is 1.60. The molecule has 0 atom stereocenters. The van der Waals surface area contributed by atoms with Crippen molar-refractivity contribution in [1.82, 2.24) is 4.98 Å². The lowest BCUT2D eigenvalue weighted by atomic mass is 10.1. The van der Waals surface area contributed by atoms with Crippen molar-refractivity contribution in [2.45, 2.75) is 6.92 Å². The molecule has 2 aromatic carbocycles. The Morgan fingerprint density at radius 3 is 2.68 bits per heavy atom. The average Bonchev–Trinajstić information content (AvgIpc) is 3.26. The van der Waals surface area contributed by atoms with Crippen LogP contribution in [-0.2, 0) is 0 Å². The van der Waals surface area contributed by atoms with E-state index < -0.39 is 0 Å². The van der Waals surface area contributed by atoms with Crippen molar-refractivity contribution in [2.75, 3.05) is 18.6 Å². The molecule has 7 heteroatoms. The van der Waals surface area contributed by atoms with Crippen LogP contribution in [0.1, 0.15) is 10.6 Å². The van der Waals surface area contributed by atoms with Gasteiger partial charge < -0.3 is 14.7 Å². The molecule has 2 heterocycles. The van der Waals surface area contributed by atoms with Crippen LogP contribution in [0.2, 0.25) is 5.02 Å². The summed E-state index contributed by atoms with van der Waals surface area (Å²) in [6.07, 6.45) is 0. The van der Waals surface area contributed by atoms with Crippen molar-refractivity contribution < 1.29 is 9.84 Å². The number of amidine groups is 1. The fourth-order valence-corrected chi connectivity index (χ4v) is 4.18. The largest absolute Gasteiger partial charge is 0.510 e. The predicted molar refractivity (Wildman–Crippen MR) is 115 cm³/mol. The third-order valence-electron chi connectivity index (χ3n) is 4.59. The zero-order valence-corrected chi connectivity index (χ0v) is 16.9. The highest BCUT2D eigenvalue weighted by atomic mass is 35.5. The highest BCUT2D eigenvalue weighted by molar-refractivity contribution is 7.11. The van der Waals surface area contributed by atoms with Crippen LogP contribution in [0.25, 0.3) is 16.8 Å². The van der Waals surface area contributed by atoms with Gasteiger partial charge in [-0.3, -0.25) is 5.41 Å². The first-order valence-corrected chi connectivity index (χ1v) is 9.88. The van der Waals surface area contributed by atoms with Crippen molar-refractivity contribution in [3.05, 3.63) is 69.2 Å². The SMILES string of the molecule is COc1ccc(C)cc1N1CC(O)=C(c2nc(-c3ccc(Cl)cc3)cs2)C1=N. The lowest BCUT2D eigenvalue weighted by molar-refractivity contribution is 0.406. The van der Waals surface area contributed by atoms with E-state index in [2.05, 4.69) is 4.98 Å². The Morgan fingerprint density at radius 2 is 1.96 bits per heavy atom. The summed E-state index contributed by atoms with van der Waals surface area (Å²) < 4.78 is 5.45. The maximum absolute atomic E-state index is 10.6. The monoisotopic (exact) mass is 411 g/mol. The normalized spacial score (nSPS) is 14.1. The molecule has 28 heavy (non-hydrogen) atoms. The third-order valence-corrected chi connectivity index (χ3v) is 5.70. The lowest BCUT2D eigenvalue weighted by Gasteiger charge is -2.21. The minimum absolute atomic E-state index is 0.130. The van der Waals surface area contributed by atoms with Crippen LogP contribution >= 0.6 is 22.9 Å². The smallest absolute Gasteiger partial charge is 0.142 e. The number of aliphatic hydroxyl groups is 1. The van der Waals surface area contributed by atoms with Gasteiger partial charge in [0.05, 0.1) is 30.6 Å². The van der Waals surface area contributed by atoms with E-state index in [4.69, 9.17) is 21.7 Å². The van der Waals surface area contributed by atoms with Gasteiger partial charge in [0.2, 0.25) is 0 Å². The van der Waals surface area contributed by atoms with Gasteiger partial charge in [-0.2, -0.15) is 0 Å². The molecule has 0 aliphatic carbocycles. The summed E-state index contributed by atoms with van der Waals surface area (Å²) in [5.74, 6) is 0.995. The molecule has 0 saturated heterocycles. The highest BCUT2D eigenvalue weighted by Crippen LogP contribution is 2.38. The van der Waals surface area contributed by atoms with E-state index in [9.17, 15) is 5.11 Å². The minimum atomic E-state index is 0.130. The number of ether oxygens (including phenoxy) is 1. The summed E-state index contributed by atoms with van der Waals surface area (Å²) in [4.78, 5) is 6.38. The number of aryl methyl sites for hydroxylation is 1. The van der Waals surface area contributed by atoms with E-state index in [1.807, 2.05) is 54.8 Å². The number of aromatic nitrogens is 1. The number of nitrogens with zero attached hydrogens (tertiary/aromatic N) is 2. The van der Waals surface area contributed by atoms with Crippen molar-refractivity contribution in [2.24, 2.45) is 0 Å². The Bertz CT molecular complexity index is 1090. The van der Waals surface area contributed by atoms with Crippen LogP contribution in [-0.4, -0.2) is 29.6 Å². The molecule has 0 radical (unpaired) electrons. The summed E-state index contributed by atoms with van der Waals surface area (Å²) in [6, 6.07) is 13.2. The topological polar surface area (TPSA) is 69.4 Å². The fraction of sp³-hybridized carbons (Fsp3) is 0.143. The maximum Gasteiger partial charge on any atom is 0.142 e. The second kappa shape index (κ2) is 7.30. The van der Waals surface area contributed by atoms with E-state index in [0.29, 0.717) is 21.4 Å². The number of aliphatic hydroxyl groups excluding tert-OH is 1. The molecule has 2 N–H and O–H groups in total. The van der Waals surface area contributed by atoms with Crippen molar-refractivity contribution in [3.8, 4) is 17.0 Å². The van der Waals surface area contributed by atoms with Gasteiger partial charge in [-0.15, -0.1) is 11.3 Å². The van der Waals surface area contributed by atoms with Crippen LogP contribution < -0.4 is 9.64 Å². The Morgan fingerprint density at radius 1 is 1.21 bits per heavy atom. The molecule has 1 aliphatic rings. The van der Waals surface area contributed by atoms with Crippen molar-refractivity contribution in [3.63, 3.8) is 0 Å². The molecule has 0 spiro atoms. The molecular formula is C21H18ClN3O2S. The van der Waals surface area contributed by atoms with Gasteiger partial charge in [-0.05, 0) is 36.8 Å². The molecule has 3 aromatic rings. The number of methoxy groups -OCH3 is 1. The van der Waals surface area contributed by atoms with Crippen LogP contribution in [0.15, 0.2) is 53.6 Å². The molecule has 5 nitrogen and oxygen atoms in total. The number of halogens is 1. The second-order valence-corrected chi connectivity index (χ2v) is 7.77. The summed E-state index contributed by atoms with van der Waals surface area (Å²) >= 11 is 7.36. The van der Waals surface area contributed by atoms with Gasteiger partial charge in [-0.1, -0.05) is 29.8 Å². The van der Waals surface area contributed by atoms with E-state index in [1.165, 1.54) is 11.3 Å². The van der Waals surface area contributed by atoms with Gasteiger partial charge in [0.1, 0.15) is 22.4 Å². The maximum atomic E-state index is 10.6. The van der Waals surface area contributed by atoms with E-state index in [1.54, 1.807) is 12.0 Å². The molecule has 142 valence electrons. The van der Waals surface area contributed by atoms with Crippen LogP contribution in [0.3, 0.4) is 0 Å². The first kappa shape index (κ1) is 18.5. The second-order valence-electron chi connectivity index (χ2n) is 6.48. The minimum Gasteiger partial charge on any atom is -0.510 e. The number of hydrogen-bond acceptors (Lipinski definition) is 5. The molecule has 0 saturated carbocycles. The zero-order valence-electron chi connectivity index (χ0n) is 15.4. The highest BCUT2D eigenvalue weighted by Gasteiger charge is 2.32. The van der Waals surface area contributed by atoms with Gasteiger partial charge in [0, 0.05) is 16.0 Å². The van der Waals surface area contributed by atoms with Gasteiger partial charge in [-0.25, -0.2) is 4.98 Å². The molecule has 1 aliphatic heterocycles. The van der Waals surface area contributed by atoms with Crippen molar-refractivity contribution >= 4 is 40.0 Å². The lowest BCUT2D eigenvalue weighted by Crippen LogP contribution is -2.26. The number of benzene rings is 2. The van der Waals surface area contributed by atoms with Crippen LogP contribution in [0.5, 0.6) is 5.75 Å². The zero-order chi connectivity index (χ0) is 19.8. The van der Waals surface area contributed by atoms with E-state index in [-0.39, 0.29) is 18.1 Å². The number of nitrogens with one attached hydrogen (secondary N) is 1. The number of thiazole rings is 1. The number of rotatable bonds is 4. The number of anilines is 1. The summed E-state index contributed by atoms with van der Waals surface area (Å²) in [5.41, 5.74) is 3.98. The van der Waals surface area contributed by atoms with E-state index >= 15 is 0 Å². The molecule has 0 fully saturated rings. The van der Waals surface area contributed by atoms with Crippen LogP contribution in [0.4, 0.5) is 5.69 Å². The molecule has 4 rings (SSSR count). The molecule has 0 bridgehead atoms. The molecule has 1 aromatic heterocycles. The Kier molecular flexibility index (Phi) is 4.83. The Hall–Kier alpha value is -2.83. The molecule has 0 amide bonds. The van der Waals surface area contributed by atoms with Gasteiger partial charge in [0.25, 0.3) is 0 Å². The predicted octanol–water partition coefficient (Wildman–Crippen LogP) is 5.55. The first-order chi connectivity index (χ1) is 13.5. The summed E-state index contributed by atoms with van der Waals surface area (Å²) in [5, 5.41) is 22.5. The van der Waals surface area contributed by atoms with Crippen LogP contribution in [0, 0.1) is 12.3 Å². The number of hydrogen-bond donors (Lipinski definition) is 2. The van der Waals surface area contributed by atoms with Crippen molar-refractivity contribution in [1.29, 1.82) is 5.41 Å². The average molecular weight is 412 g/mol. The summed E-state index contributed by atoms with van der Waals surface area (Å²) in [6.45, 7) is 2.19. The standard InChI is InChI=1S/C21H18ClN3O2S/c1-12-3-8-18(27-2)16(9-12)25-10-17(26)19(20(25)23)21-24-15(11-28-21)13-4-6-14(22)7-5-13/h3-9,11,23,26H,10H2,1-2H3. The quantitative estimate of drug-likeness (QED) is 0.590. The van der Waals surface area contributed by atoms with E-state index in [0.717, 1.165) is 22.5 Å². The van der Waals surface area contributed by atoms with Gasteiger partial charge in [0.15, 0.2) is 0 Å². The fourth-order valence-electron chi connectivity index (χ4n) is 3.16. The third kappa shape index (κ3) is 3.25. The first-order valence-electron chi connectivity index (χ1n) is 8.63. The van der Waals surface area contributed by atoms with Gasteiger partial charge >= 0.3 is 0 Å². The molecular weight excluding hydrogens is 394 g/mol. The Balaban J connectivity index is 1.67.